The smallest absolute Gasteiger partial charge is 0.106 e. The number of allylic oxidation sites excluding steroid dienone is 4. The van der Waals surface area contributed by atoms with Gasteiger partial charge >= 0.3 is 0 Å². The Bertz CT molecular complexity index is 218. The van der Waals surface area contributed by atoms with Gasteiger partial charge in [0, 0.05) is 0 Å². The standard InChI is InChI=1S/C7H6N2/c8-5-6-3-1-2-4-7(6)9/h1-4,6,9H. The molecular weight excluding hydrogens is 112 g/mol. The van der Waals surface area contributed by atoms with E-state index in [4.69, 9.17) is 10.7 Å². The number of nitriles is 1. The predicted molar refractivity (Wildman–Crippen MR) is 35.1 cm³/mol. The van der Waals surface area contributed by atoms with Gasteiger partial charge in [-0.3, -0.25) is 0 Å². The highest BCUT2D eigenvalue weighted by Crippen LogP contribution is 2.05. The summed E-state index contributed by atoms with van der Waals surface area (Å²) in [6.07, 6.45) is 6.89. The molecule has 0 aromatic rings. The lowest BCUT2D eigenvalue weighted by Crippen LogP contribution is -2.07. The Balaban J connectivity index is 2.81. The van der Waals surface area contributed by atoms with Gasteiger partial charge in [0.2, 0.25) is 0 Å². The third-order valence-corrected chi connectivity index (χ3v) is 1.16. The van der Waals surface area contributed by atoms with Gasteiger partial charge in [-0.1, -0.05) is 18.2 Å². The van der Waals surface area contributed by atoms with Gasteiger partial charge in [0.05, 0.1) is 11.8 Å². The van der Waals surface area contributed by atoms with Crippen molar-refractivity contribution in [3.05, 3.63) is 24.3 Å². The van der Waals surface area contributed by atoms with Crippen molar-refractivity contribution in [3.8, 4) is 6.07 Å². The van der Waals surface area contributed by atoms with E-state index < -0.39 is 0 Å². The van der Waals surface area contributed by atoms with Gasteiger partial charge in [-0.05, 0) is 6.08 Å². The summed E-state index contributed by atoms with van der Waals surface area (Å²) in [7, 11) is 0. The van der Waals surface area contributed by atoms with Crippen molar-refractivity contribution in [3.63, 3.8) is 0 Å². The van der Waals surface area contributed by atoms with E-state index in [1.54, 1.807) is 24.3 Å². The molecule has 0 fully saturated rings. The van der Waals surface area contributed by atoms with E-state index in [0.717, 1.165) is 0 Å². The van der Waals surface area contributed by atoms with E-state index in [2.05, 4.69) is 0 Å². The van der Waals surface area contributed by atoms with E-state index in [-0.39, 0.29) is 5.92 Å². The third-order valence-electron chi connectivity index (χ3n) is 1.16. The van der Waals surface area contributed by atoms with Gasteiger partial charge in [0.1, 0.15) is 5.92 Å². The van der Waals surface area contributed by atoms with Crippen LogP contribution in [-0.4, -0.2) is 5.71 Å². The Morgan fingerprint density at radius 1 is 1.56 bits per heavy atom. The number of hydrogen-bond acceptors (Lipinski definition) is 2. The molecule has 1 N–H and O–H groups in total. The molecule has 0 aromatic carbocycles. The van der Waals surface area contributed by atoms with E-state index in [9.17, 15) is 0 Å². The molecule has 0 aliphatic heterocycles. The molecule has 9 heavy (non-hydrogen) atoms. The molecule has 0 spiro atoms. The second-order valence-corrected chi connectivity index (χ2v) is 1.81. The third kappa shape index (κ3) is 1.06. The van der Waals surface area contributed by atoms with Gasteiger partial charge in [-0.25, -0.2) is 0 Å². The highest BCUT2D eigenvalue weighted by atomic mass is 14.4. The number of hydrogen-bond donors (Lipinski definition) is 1. The molecule has 1 unspecified atom stereocenters. The average molecular weight is 118 g/mol. The van der Waals surface area contributed by atoms with Crippen molar-refractivity contribution in [2.45, 2.75) is 0 Å². The summed E-state index contributed by atoms with van der Waals surface area (Å²) >= 11 is 0. The molecular formula is C7H6N2. The second kappa shape index (κ2) is 2.27. The lowest BCUT2D eigenvalue weighted by Gasteiger charge is -2.02. The van der Waals surface area contributed by atoms with Crippen LogP contribution in [0.25, 0.3) is 0 Å². The summed E-state index contributed by atoms with van der Waals surface area (Å²) in [6.45, 7) is 0. The maximum absolute atomic E-state index is 8.39. The molecule has 1 rings (SSSR count). The topological polar surface area (TPSA) is 47.6 Å². The first kappa shape index (κ1) is 5.77. The fourth-order valence-corrected chi connectivity index (χ4v) is 0.654. The van der Waals surface area contributed by atoms with Crippen LogP contribution in [0.5, 0.6) is 0 Å². The molecule has 0 aromatic heterocycles. The van der Waals surface area contributed by atoms with Crippen LogP contribution in [0, 0.1) is 22.7 Å². The van der Waals surface area contributed by atoms with Crippen LogP contribution in [0.1, 0.15) is 0 Å². The summed E-state index contributed by atoms with van der Waals surface area (Å²) in [5.74, 6) is -0.324. The summed E-state index contributed by atoms with van der Waals surface area (Å²) in [5, 5.41) is 15.6. The molecule has 2 heteroatoms. The Kier molecular flexibility index (Phi) is 1.46. The second-order valence-electron chi connectivity index (χ2n) is 1.81. The largest absolute Gasteiger partial charge is 0.304 e. The van der Waals surface area contributed by atoms with Crippen molar-refractivity contribution < 1.29 is 0 Å². The van der Waals surface area contributed by atoms with E-state index >= 15 is 0 Å². The summed E-state index contributed by atoms with van der Waals surface area (Å²) in [5.41, 5.74) is 0.375. The first-order valence-electron chi connectivity index (χ1n) is 2.67. The fraction of sp³-hybridized carbons (Fsp3) is 0.143. The fourth-order valence-electron chi connectivity index (χ4n) is 0.654. The van der Waals surface area contributed by atoms with Crippen LogP contribution in [-0.2, 0) is 0 Å². The Morgan fingerprint density at radius 2 is 2.33 bits per heavy atom. The zero-order valence-electron chi connectivity index (χ0n) is 4.83. The summed E-state index contributed by atoms with van der Waals surface area (Å²) in [6, 6.07) is 1.99. The Labute approximate surface area is 53.6 Å². The monoisotopic (exact) mass is 118 g/mol. The van der Waals surface area contributed by atoms with Gasteiger partial charge in [-0.15, -0.1) is 0 Å². The molecule has 2 nitrogen and oxygen atoms in total. The Morgan fingerprint density at radius 3 is 2.78 bits per heavy atom. The van der Waals surface area contributed by atoms with Crippen LogP contribution in [0.2, 0.25) is 0 Å². The lowest BCUT2D eigenvalue weighted by molar-refractivity contribution is 1.12. The molecule has 0 saturated carbocycles. The molecule has 0 bridgehead atoms. The highest BCUT2D eigenvalue weighted by Gasteiger charge is 2.07. The van der Waals surface area contributed by atoms with E-state index in [0.29, 0.717) is 5.71 Å². The van der Waals surface area contributed by atoms with Crippen molar-refractivity contribution in [1.29, 1.82) is 10.7 Å². The predicted octanol–water partition coefficient (Wildman–Crippen LogP) is 1.27. The molecule has 0 amide bonds. The molecule has 1 aliphatic rings. The van der Waals surface area contributed by atoms with E-state index in [1.165, 1.54) is 0 Å². The summed E-state index contributed by atoms with van der Waals surface area (Å²) in [4.78, 5) is 0. The van der Waals surface area contributed by atoms with Crippen molar-refractivity contribution in [2.24, 2.45) is 5.92 Å². The number of rotatable bonds is 0. The molecule has 0 saturated heterocycles. The van der Waals surface area contributed by atoms with E-state index in [1.807, 2.05) is 6.07 Å². The van der Waals surface area contributed by atoms with Gasteiger partial charge in [0.25, 0.3) is 0 Å². The zero-order valence-corrected chi connectivity index (χ0v) is 4.83. The SMILES string of the molecule is N#CC1C=CC=CC1=N. The maximum atomic E-state index is 8.39. The van der Waals surface area contributed by atoms with Crippen molar-refractivity contribution in [2.75, 3.05) is 0 Å². The highest BCUT2D eigenvalue weighted by molar-refractivity contribution is 5.98. The molecule has 1 aliphatic carbocycles. The zero-order chi connectivity index (χ0) is 6.69. The minimum absolute atomic E-state index is 0.324. The normalized spacial score (nSPS) is 23.9. The minimum atomic E-state index is -0.324. The molecule has 0 radical (unpaired) electrons. The Hall–Kier alpha value is -1.36. The summed E-state index contributed by atoms with van der Waals surface area (Å²) < 4.78 is 0. The van der Waals surface area contributed by atoms with Crippen LogP contribution >= 0.6 is 0 Å². The van der Waals surface area contributed by atoms with Crippen molar-refractivity contribution >= 4 is 5.71 Å². The molecule has 0 heterocycles. The van der Waals surface area contributed by atoms with Gasteiger partial charge in [0.15, 0.2) is 0 Å². The first-order valence-corrected chi connectivity index (χ1v) is 2.67. The molecule has 1 atom stereocenters. The number of nitrogens with one attached hydrogen (secondary N) is 1. The first-order chi connectivity index (χ1) is 4.34. The van der Waals surface area contributed by atoms with Crippen LogP contribution in [0.3, 0.4) is 0 Å². The van der Waals surface area contributed by atoms with Gasteiger partial charge in [-0.2, -0.15) is 5.26 Å². The molecule has 44 valence electrons. The number of nitrogens with zero attached hydrogens (tertiary/aromatic N) is 1. The lowest BCUT2D eigenvalue weighted by atomic mass is 10.0. The van der Waals surface area contributed by atoms with Crippen LogP contribution in [0.15, 0.2) is 24.3 Å². The van der Waals surface area contributed by atoms with Crippen LogP contribution < -0.4 is 0 Å². The minimum Gasteiger partial charge on any atom is -0.304 e. The van der Waals surface area contributed by atoms with Gasteiger partial charge < -0.3 is 5.41 Å². The van der Waals surface area contributed by atoms with Crippen LogP contribution in [0.4, 0.5) is 0 Å². The maximum Gasteiger partial charge on any atom is 0.106 e. The van der Waals surface area contributed by atoms with Crippen molar-refractivity contribution in [1.82, 2.24) is 0 Å². The quantitative estimate of drug-likeness (QED) is 0.511. The average Bonchev–Trinajstić information content (AvgIpc) is 1.89.